The van der Waals surface area contributed by atoms with E-state index < -0.39 is 0 Å². The number of benzene rings is 1. The highest BCUT2D eigenvalue weighted by molar-refractivity contribution is 5.43. The van der Waals surface area contributed by atoms with Crippen molar-refractivity contribution in [1.82, 2.24) is 9.55 Å². The highest BCUT2D eigenvalue weighted by atomic mass is 16.5. The second-order valence-corrected chi connectivity index (χ2v) is 3.30. The highest BCUT2D eigenvalue weighted by Crippen LogP contribution is 2.18. The number of rotatable bonds is 4. The summed E-state index contributed by atoms with van der Waals surface area (Å²) in [5, 5.41) is 3.03. The Morgan fingerprint density at radius 2 is 2.06 bits per heavy atom. The molecule has 0 unspecified atom stereocenters. The van der Waals surface area contributed by atoms with Gasteiger partial charge in [0.25, 0.3) is 0 Å². The Morgan fingerprint density at radius 3 is 2.69 bits per heavy atom. The van der Waals surface area contributed by atoms with Gasteiger partial charge in [0, 0.05) is 25.1 Å². The fourth-order valence-electron chi connectivity index (χ4n) is 1.57. The maximum atomic E-state index is 5.39. The van der Waals surface area contributed by atoms with Gasteiger partial charge in [-0.25, -0.2) is 4.98 Å². The number of anilines is 1. The molecule has 0 amide bonds. The van der Waals surface area contributed by atoms with Gasteiger partial charge in [0.05, 0.1) is 6.61 Å². The van der Waals surface area contributed by atoms with Crippen LogP contribution in [-0.2, 0) is 0 Å². The first-order valence-corrected chi connectivity index (χ1v) is 5.29. The minimum atomic E-state index is 0.687. The van der Waals surface area contributed by atoms with E-state index >= 15 is 0 Å². The van der Waals surface area contributed by atoms with E-state index in [1.807, 2.05) is 49.0 Å². The van der Waals surface area contributed by atoms with Crippen LogP contribution in [0.3, 0.4) is 0 Å². The lowest BCUT2D eigenvalue weighted by molar-refractivity contribution is 0.340. The second-order valence-electron chi connectivity index (χ2n) is 3.30. The summed E-state index contributed by atoms with van der Waals surface area (Å²) in [4.78, 5) is 4.19. The summed E-state index contributed by atoms with van der Waals surface area (Å²) in [6.45, 7) is 2.66. The Hall–Kier alpha value is -1.97. The summed E-state index contributed by atoms with van der Waals surface area (Å²) < 4.78 is 7.38. The lowest BCUT2D eigenvalue weighted by atomic mass is 10.3. The van der Waals surface area contributed by atoms with Crippen LogP contribution in [0.25, 0.3) is 5.69 Å². The average molecular weight is 217 g/mol. The molecule has 2 aromatic rings. The van der Waals surface area contributed by atoms with Crippen molar-refractivity contribution in [2.24, 2.45) is 0 Å². The zero-order valence-electron chi connectivity index (χ0n) is 9.47. The van der Waals surface area contributed by atoms with Crippen LogP contribution in [0.4, 0.5) is 5.95 Å². The molecule has 1 aromatic carbocycles. The maximum absolute atomic E-state index is 5.39. The summed E-state index contributed by atoms with van der Waals surface area (Å²) >= 11 is 0. The van der Waals surface area contributed by atoms with Crippen LogP contribution in [0.5, 0.6) is 5.75 Å². The largest absolute Gasteiger partial charge is 0.494 e. The number of hydrogen-bond acceptors (Lipinski definition) is 3. The van der Waals surface area contributed by atoms with Crippen molar-refractivity contribution in [3.05, 3.63) is 36.7 Å². The van der Waals surface area contributed by atoms with Gasteiger partial charge in [-0.3, -0.25) is 4.57 Å². The number of hydrogen-bond donors (Lipinski definition) is 1. The van der Waals surface area contributed by atoms with Gasteiger partial charge >= 0.3 is 0 Å². The molecule has 0 radical (unpaired) electrons. The average Bonchev–Trinajstić information content (AvgIpc) is 2.78. The number of aromatic nitrogens is 2. The molecular formula is C12H15N3O. The molecule has 0 aliphatic carbocycles. The summed E-state index contributed by atoms with van der Waals surface area (Å²) in [5.41, 5.74) is 1.06. The fourth-order valence-corrected chi connectivity index (χ4v) is 1.57. The normalized spacial score (nSPS) is 10.1. The molecule has 0 saturated carbocycles. The van der Waals surface area contributed by atoms with Crippen molar-refractivity contribution in [3.63, 3.8) is 0 Å². The third-order valence-electron chi connectivity index (χ3n) is 2.29. The zero-order valence-corrected chi connectivity index (χ0v) is 9.47. The SMILES string of the molecule is CCOc1ccc(-n2ccnc2NC)cc1. The van der Waals surface area contributed by atoms with Crippen LogP contribution < -0.4 is 10.1 Å². The predicted octanol–water partition coefficient (Wildman–Crippen LogP) is 2.31. The van der Waals surface area contributed by atoms with Gasteiger partial charge in [0.1, 0.15) is 5.75 Å². The van der Waals surface area contributed by atoms with Gasteiger partial charge in [0.15, 0.2) is 0 Å². The Balaban J connectivity index is 2.27. The molecule has 0 atom stereocenters. The Morgan fingerprint density at radius 1 is 1.31 bits per heavy atom. The Labute approximate surface area is 94.9 Å². The summed E-state index contributed by atoms with van der Waals surface area (Å²) in [6, 6.07) is 7.93. The van der Waals surface area contributed by atoms with Crippen LogP contribution in [0.15, 0.2) is 36.7 Å². The number of nitrogens with one attached hydrogen (secondary N) is 1. The Bertz CT molecular complexity index is 448. The summed E-state index contributed by atoms with van der Waals surface area (Å²) in [5.74, 6) is 1.71. The monoisotopic (exact) mass is 217 g/mol. The molecule has 1 N–H and O–H groups in total. The van der Waals surface area contributed by atoms with Gasteiger partial charge in [-0.2, -0.15) is 0 Å². The molecule has 0 fully saturated rings. The van der Waals surface area contributed by atoms with Crippen molar-refractivity contribution in [3.8, 4) is 11.4 Å². The van der Waals surface area contributed by atoms with Crippen molar-refractivity contribution >= 4 is 5.95 Å². The van der Waals surface area contributed by atoms with E-state index in [1.165, 1.54) is 0 Å². The molecule has 0 saturated heterocycles. The van der Waals surface area contributed by atoms with Crippen molar-refractivity contribution in [1.29, 1.82) is 0 Å². The van der Waals surface area contributed by atoms with E-state index in [4.69, 9.17) is 4.74 Å². The van der Waals surface area contributed by atoms with Gasteiger partial charge in [0.2, 0.25) is 5.95 Å². The second kappa shape index (κ2) is 4.70. The molecule has 4 heteroatoms. The molecule has 1 aromatic heterocycles. The van der Waals surface area contributed by atoms with Gasteiger partial charge in [-0.1, -0.05) is 0 Å². The lowest BCUT2D eigenvalue weighted by Gasteiger charge is -2.08. The van der Waals surface area contributed by atoms with E-state index in [0.29, 0.717) is 6.61 Å². The third-order valence-corrected chi connectivity index (χ3v) is 2.29. The number of ether oxygens (including phenoxy) is 1. The lowest BCUT2D eigenvalue weighted by Crippen LogP contribution is -2.00. The number of imidazole rings is 1. The molecule has 1 heterocycles. The van der Waals surface area contributed by atoms with E-state index in [2.05, 4.69) is 10.3 Å². The highest BCUT2D eigenvalue weighted by Gasteiger charge is 2.02. The third kappa shape index (κ3) is 2.00. The quantitative estimate of drug-likeness (QED) is 0.854. The van der Waals surface area contributed by atoms with E-state index in [9.17, 15) is 0 Å². The van der Waals surface area contributed by atoms with Crippen molar-refractivity contribution in [2.45, 2.75) is 6.92 Å². The van der Waals surface area contributed by atoms with Crippen LogP contribution in [0, 0.1) is 0 Å². The van der Waals surface area contributed by atoms with Gasteiger partial charge in [-0.15, -0.1) is 0 Å². The van der Waals surface area contributed by atoms with Crippen LogP contribution in [0.1, 0.15) is 6.92 Å². The first-order valence-electron chi connectivity index (χ1n) is 5.29. The topological polar surface area (TPSA) is 39.1 Å². The molecule has 16 heavy (non-hydrogen) atoms. The van der Waals surface area contributed by atoms with Crippen LogP contribution in [0.2, 0.25) is 0 Å². The van der Waals surface area contributed by atoms with Gasteiger partial charge < -0.3 is 10.1 Å². The standard InChI is InChI=1S/C12H15N3O/c1-3-16-11-6-4-10(5-7-11)15-9-8-14-12(15)13-2/h4-9H,3H2,1-2H3,(H,13,14). The first kappa shape index (κ1) is 10.5. The maximum Gasteiger partial charge on any atom is 0.207 e. The summed E-state index contributed by atoms with van der Waals surface area (Å²) in [6.07, 6.45) is 3.68. The van der Waals surface area contributed by atoms with E-state index in [-0.39, 0.29) is 0 Å². The zero-order chi connectivity index (χ0) is 11.4. The molecule has 2 rings (SSSR count). The van der Waals surface area contributed by atoms with E-state index in [0.717, 1.165) is 17.4 Å². The fraction of sp³-hybridized carbons (Fsp3) is 0.250. The first-order chi connectivity index (χ1) is 7.85. The molecule has 0 aliphatic heterocycles. The van der Waals surface area contributed by atoms with Crippen LogP contribution >= 0.6 is 0 Å². The number of nitrogens with zero attached hydrogens (tertiary/aromatic N) is 2. The Kier molecular flexibility index (Phi) is 3.10. The molecule has 84 valence electrons. The molecular weight excluding hydrogens is 202 g/mol. The minimum Gasteiger partial charge on any atom is -0.494 e. The predicted molar refractivity (Wildman–Crippen MR) is 64.3 cm³/mol. The minimum absolute atomic E-state index is 0.687. The molecule has 0 aliphatic rings. The molecule has 0 bridgehead atoms. The molecule has 4 nitrogen and oxygen atoms in total. The van der Waals surface area contributed by atoms with Crippen LogP contribution in [-0.4, -0.2) is 23.2 Å². The van der Waals surface area contributed by atoms with Gasteiger partial charge in [-0.05, 0) is 31.2 Å². The smallest absolute Gasteiger partial charge is 0.207 e. The van der Waals surface area contributed by atoms with E-state index in [1.54, 1.807) is 6.20 Å². The van der Waals surface area contributed by atoms with Crippen molar-refractivity contribution in [2.75, 3.05) is 19.0 Å². The molecule has 0 spiro atoms. The van der Waals surface area contributed by atoms with Crippen molar-refractivity contribution < 1.29 is 4.74 Å². The summed E-state index contributed by atoms with van der Waals surface area (Å²) in [7, 11) is 1.85.